The van der Waals surface area contributed by atoms with Gasteiger partial charge in [-0.05, 0) is 18.1 Å². The van der Waals surface area contributed by atoms with E-state index < -0.39 is 11.2 Å². The second kappa shape index (κ2) is 8.02. The Morgan fingerprint density at radius 2 is 1.81 bits per heavy atom. The van der Waals surface area contributed by atoms with Gasteiger partial charge in [0.2, 0.25) is 0 Å². The summed E-state index contributed by atoms with van der Waals surface area (Å²) >= 11 is 0. The Bertz CT molecular complexity index is 1400. The van der Waals surface area contributed by atoms with Gasteiger partial charge in [0.05, 0.1) is 41.3 Å². The second-order valence-electron chi connectivity index (χ2n) is 7.26. The molecule has 3 aromatic heterocycles. The molecule has 9 nitrogen and oxygen atoms in total. The predicted molar refractivity (Wildman–Crippen MR) is 117 cm³/mol. The first-order chi connectivity index (χ1) is 14.9. The summed E-state index contributed by atoms with van der Waals surface area (Å²) in [5.74, 6) is -0.334. The van der Waals surface area contributed by atoms with Crippen molar-refractivity contribution in [3.8, 4) is 0 Å². The minimum Gasteiger partial charge on any atom is -0.320 e. The number of nitrogens with one attached hydrogen (secondary N) is 1. The van der Waals surface area contributed by atoms with Gasteiger partial charge >= 0.3 is 5.69 Å². The Kier molecular flexibility index (Phi) is 5.24. The summed E-state index contributed by atoms with van der Waals surface area (Å²) < 4.78 is 4.12. The molecule has 9 heteroatoms. The molecule has 0 saturated carbocycles. The molecular formula is C22H22N6O3. The van der Waals surface area contributed by atoms with Crippen LogP contribution in [0.1, 0.15) is 28.5 Å². The number of rotatable bonds is 5. The fraction of sp³-hybridized carbons (Fsp3) is 0.227. The highest BCUT2D eigenvalue weighted by Crippen LogP contribution is 2.17. The van der Waals surface area contributed by atoms with Gasteiger partial charge in [-0.1, -0.05) is 37.3 Å². The van der Waals surface area contributed by atoms with E-state index in [1.54, 1.807) is 13.2 Å². The van der Waals surface area contributed by atoms with E-state index in [1.165, 1.54) is 23.9 Å². The van der Waals surface area contributed by atoms with Crippen molar-refractivity contribution in [3.05, 3.63) is 86.5 Å². The molecule has 0 unspecified atom stereocenters. The third-order valence-electron chi connectivity index (χ3n) is 5.25. The Labute approximate surface area is 177 Å². The van der Waals surface area contributed by atoms with Gasteiger partial charge in [0.25, 0.3) is 11.5 Å². The molecule has 0 aliphatic carbocycles. The molecule has 0 atom stereocenters. The standard InChI is InChI=1S/C22H22N6O3/c1-4-18-17(12-24-28(18)13-14-8-6-5-7-9-14)20(29)25-15-10-16-19(23-11-15)26(2)22(31)27(3)21(16)30/h5-12H,4,13H2,1-3H3,(H,25,29). The summed E-state index contributed by atoms with van der Waals surface area (Å²) in [7, 11) is 2.95. The minimum atomic E-state index is -0.466. The molecule has 1 amide bonds. The van der Waals surface area contributed by atoms with Crippen LogP contribution in [-0.2, 0) is 27.1 Å². The van der Waals surface area contributed by atoms with E-state index in [4.69, 9.17) is 0 Å². The van der Waals surface area contributed by atoms with Gasteiger partial charge in [-0.3, -0.25) is 23.4 Å². The number of carbonyl (C=O) groups is 1. The zero-order valence-corrected chi connectivity index (χ0v) is 17.5. The molecule has 0 bridgehead atoms. The first-order valence-electron chi connectivity index (χ1n) is 9.86. The van der Waals surface area contributed by atoms with E-state index in [9.17, 15) is 14.4 Å². The molecule has 0 saturated heterocycles. The van der Waals surface area contributed by atoms with Crippen LogP contribution in [0.25, 0.3) is 11.0 Å². The minimum absolute atomic E-state index is 0.248. The van der Waals surface area contributed by atoms with Crippen molar-refractivity contribution in [2.75, 3.05) is 5.32 Å². The number of aryl methyl sites for hydroxylation is 1. The SMILES string of the molecule is CCc1c(C(=O)Nc2cnc3c(c2)c(=O)n(C)c(=O)n3C)cnn1Cc1ccccc1. The molecule has 0 aliphatic rings. The van der Waals surface area contributed by atoms with E-state index in [-0.39, 0.29) is 16.9 Å². The van der Waals surface area contributed by atoms with Crippen molar-refractivity contribution in [2.24, 2.45) is 14.1 Å². The zero-order chi connectivity index (χ0) is 22.1. The first-order valence-corrected chi connectivity index (χ1v) is 9.86. The molecule has 4 rings (SSSR count). The molecule has 0 radical (unpaired) electrons. The summed E-state index contributed by atoms with van der Waals surface area (Å²) in [6.45, 7) is 2.54. The van der Waals surface area contributed by atoms with Crippen LogP contribution in [0, 0.1) is 0 Å². The number of carbonyl (C=O) groups excluding carboxylic acids is 1. The van der Waals surface area contributed by atoms with Crippen LogP contribution < -0.4 is 16.6 Å². The van der Waals surface area contributed by atoms with Crippen molar-refractivity contribution >= 4 is 22.6 Å². The molecule has 1 N–H and O–H groups in total. The van der Waals surface area contributed by atoms with Gasteiger partial charge in [0.15, 0.2) is 0 Å². The largest absolute Gasteiger partial charge is 0.332 e. The van der Waals surface area contributed by atoms with Crippen LogP contribution in [0.2, 0.25) is 0 Å². The topological polar surface area (TPSA) is 104 Å². The Balaban J connectivity index is 1.65. The highest BCUT2D eigenvalue weighted by molar-refractivity contribution is 6.05. The highest BCUT2D eigenvalue weighted by atomic mass is 16.2. The van der Waals surface area contributed by atoms with Crippen molar-refractivity contribution in [2.45, 2.75) is 19.9 Å². The number of hydrogen-bond acceptors (Lipinski definition) is 5. The molecule has 0 aliphatic heterocycles. The number of fused-ring (bicyclic) bond motifs is 1. The summed E-state index contributed by atoms with van der Waals surface area (Å²) in [5, 5.41) is 7.43. The average molecular weight is 418 g/mol. The zero-order valence-electron chi connectivity index (χ0n) is 17.5. The highest BCUT2D eigenvalue weighted by Gasteiger charge is 2.18. The smallest absolute Gasteiger partial charge is 0.320 e. The first kappa shape index (κ1) is 20.3. The van der Waals surface area contributed by atoms with E-state index in [2.05, 4.69) is 15.4 Å². The number of anilines is 1. The number of pyridine rings is 1. The summed E-state index contributed by atoms with van der Waals surface area (Å²) in [6.07, 6.45) is 3.61. The normalized spacial score (nSPS) is 11.1. The van der Waals surface area contributed by atoms with Gasteiger partial charge in [-0.15, -0.1) is 0 Å². The lowest BCUT2D eigenvalue weighted by atomic mass is 10.1. The number of hydrogen-bond donors (Lipinski definition) is 1. The van der Waals surface area contributed by atoms with Crippen LogP contribution >= 0.6 is 0 Å². The predicted octanol–water partition coefficient (Wildman–Crippen LogP) is 1.69. The average Bonchev–Trinajstić information content (AvgIpc) is 3.19. The maximum Gasteiger partial charge on any atom is 0.332 e. The maximum absolute atomic E-state index is 12.9. The van der Waals surface area contributed by atoms with Crippen LogP contribution in [0.5, 0.6) is 0 Å². The molecule has 4 aromatic rings. The van der Waals surface area contributed by atoms with Crippen molar-refractivity contribution in [1.82, 2.24) is 23.9 Å². The number of aromatic nitrogens is 5. The van der Waals surface area contributed by atoms with E-state index in [0.29, 0.717) is 24.2 Å². The number of amides is 1. The fourth-order valence-electron chi connectivity index (χ4n) is 3.60. The molecule has 1 aromatic carbocycles. The van der Waals surface area contributed by atoms with Crippen LogP contribution in [0.15, 0.2) is 58.4 Å². The molecular weight excluding hydrogens is 396 g/mol. The van der Waals surface area contributed by atoms with Gasteiger partial charge < -0.3 is 5.32 Å². The summed E-state index contributed by atoms with van der Waals surface area (Å²) in [4.78, 5) is 41.7. The number of benzene rings is 1. The summed E-state index contributed by atoms with van der Waals surface area (Å²) in [5.41, 5.74) is 2.07. The van der Waals surface area contributed by atoms with Crippen LogP contribution in [0.3, 0.4) is 0 Å². The third-order valence-corrected chi connectivity index (χ3v) is 5.25. The van der Waals surface area contributed by atoms with Crippen molar-refractivity contribution in [3.63, 3.8) is 0 Å². The lowest BCUT2D eigenvalue weighted by Gasteiger charge is -2.10. The Hall–Kier alpha value is -4.01. The van der Waals surface area contributed by atoms with Crippen LogP contribution in [-0.4, -0.2) is 29.8 Å². The van der Waals surface area contributed by atoms with Gasteiger partial charge in [-0.25, -0.2) is 9.78 Å². The van der Waals surface area contributed by atoms with Crippen molar-refractivity contribution in [1.29, 1.82) is 0 Å². The van der Waals surface area contributed by atoms with Crippen molar-refractivity contribution < 1.29 is 4.79 Å². The van der Waals surface area contributed by atoms with Crippen LogP contribution in [0.4, 0.5) is 5.69 Å². The quantitative estimate of drug-likeness (QED) is 0.531. The fourth-order valence-corrected chi connectivity index (χ4v) is 3.60. The molecule has 31 heavy (non-hydrogen) atoms. The molecule has 0 fully saturated rings. The molecule has 3 heterocycles. The number of nitrogens with zero attached hydrogens (tertiary/aromatic N) is 5. The lowest BCUT2D eigenvalue weighted by molar-refractivity contribution is 0.102. The second-order valence-corrected chi connectivity index (χ2v) is 7.26. The van der Waals surface area contributed by atoms with E-state index in [0.717, 1.165) is 15.8 Å². The monoisotopic (exact) mass is 418 g/mol. The van der Waals surface area contributed by atoms with Gasteiger partial charge in [0, 0.05) is 14.1 Å². The summed E-state index contributed by atoms with van der Waals surface area (Å²) in [6, 6.07) is 11.4. The Morgan fingerprint density at radius 3 is 2.52 bits per heavy atom. The van der Waals surface area contributed by atoms with E-state index in [1.807, 2.05) is 41.9 Å². The van der Waals surface area contributed by atoms with E-state index >= 15 is 0 Å². The lowest BCUT2D eigenvalue weighted by Crippen LogP contribution is -2.37. The molecule has 0 spiro atoms. The van der Waals surface area contributed by atoms with Gasteiger partial charge in [0.1, 0.15) is 5.65 Å². The maximum atomic E-state index is 12.9. The van der Waals surface area contributed by atoms with Gasteiger partial charge in [-0.2, -0.15) is 5.10 Å². The Morgan fingerprint density at radius 1 is 1.06 bits per heavy atom. The third kappa shape index (κ3) is 3.65. The molecule has 158 valence electrons.